The van der Waals surface area contributed by atoms with Crippen molar-refractivity contribution in [1.29, 1.82) is 0 Å². The van der Waals surface area contributed by atoms with Gasteiger partial charge in [-0.1, -0.05) is 12.1 Å². The normalized spacial score (nSPS) is 18.6. The summed E-state index contributed by atoms with van der Waals surface area (Å²) in [5, 5.41) is 0. The van der Waals surface area contributed by atoms with Gasteiger partial charge in [-0.3, -0.25) is 0 Å². The molecule has 0 bridgehead atoms. The van der Waals surface area contributed by atoms with E-state index in [0.717, 1.165) is 19.5 Å². The van der Waals surface area contributed by atoms with E-state index in [1.165, 1.54) is 0 Å². The second kappa shape index (κ2) is 7.04. The van der Waals surface area contributed by atoms with Gasteiger partial charge in [-0.2, -0.15) is 4.31 Å². The Kier molecular flexibility index (Phi) is 6.26. The van der Waals surface area contributed by atoms with Gasteiger partial charge in [-0.25, -0.2) is 8.42 Å². The van der Waals surface area contributed by atoms with Crippen molar-refractivity contribution in [3.8, 4) is 0 Å². The molecule has 1 fully saturated rings. The zero-order valence-electron chi connectivity index (χ0n) is 10.8. The second-order valence-electron chi connectivity index (χ2n) is 4.49. The Balaban J connectivity index is 0.00000180. The van der Waals surface area contributed by atoms with Crippen LogP contribution in [0.3, 0.4) is 0 Å². The smallest absolute Gasteiger partial charge is 0.244 e. The van der Waals surface area contributed by atoms with Crippen molar-refractivity contribution in [1.82, 2.24) is 9.21 Å². The van der Waals surface area contributed by atoms with E-state index in [9.17, 15) is 8.42 Å². The minimum Gasteiger partial charge on any atom is -0.305 e. The standard InChI is InChI=1S/C12H17BrN2O2S.ClH/c1-14-7-4-8-15(10-9-14)18(16,17)12-6-3-2-5-11(12)13;/h2-3,5-6H,4,7-10H2,1H3;1H. The van der Waals surface area contributed by atoms with Crippen molar-refractivity contribution < 1.29 is 8.42 Å². The Morgan fingerprint density at radius 2 is 1.79 bits per heavy atom. The lowest BCUT2D eigenvalue weighted by molar-refractivity contribution is 0.347. The molecule has 1 aliphatic heterocycles. The van der Waals surface area contributed by atoms with Crippen LogP contribution in [0, 0.1) is 0 Å². The molecule has 108 valence electrons. The predicted molar refractivity (Wildman–Crippen MR) is 82.3 cm³/mol. The fourth-order valence-corrected chi connectivity index (χ4v) is 4.49. The average molecular weight is 370 g/mol. The number of benzene rings is 1. The van der Waals surface area contributed by atoms with Crippen molar-refractivity contribution in [2.24, 2.45) is 0 Å². The molecule has 0 spiro atoms. The van der Waals surface area contributed by atoms with Crippen molar-refractivity contribution in [3.05, 3.63) is 28.7 Å². The summed E-state index contributed by atoms with van der Waals surface area (Å²) in [7, 11) is -1.36. The second-order valence-corrected chi connectivity index (χ2v) is 7.25. The topological polar surface area (TPSA) is 40.6 Å². The molecule has 1 saturated heterocycles. The molecule has 1 aliphatic rings. The van der Waals surface area contributed by atoms with Crippen LogP contribution in [0.2, 0.25) is 0 Å². The number of halogens is 2. The summed E-state index contributed by atoms with van der Waals surface area (Å²) in [5.74, 6) is 0. The van der Waals surface area contributed by atoms with Gasteiger partial charge in [0.1, 0.15) is 0 Å². The van der Waals surface area contributed by atoms with E-state index in [4.69, 9.17) is 0 Å². The molecule has 0 amide bonds. The third-order valence-electron chi connectivity index (χ3n) is 3.13. The predicted octanol–water partition coefficient (Wildman–Crippen LogP) is 2.20. The van der Waals surface area contributed by atoms with Crippen LogP contribution >= 0.6 is 28.3 Å². The van der Waals surface area contributed by atoms with Gasteiger partial charge in [0, 0.05) is 24.1 Å². The molecule has 7 heteroatoms. The molecule has 1 aromatic rings. The van der Waals surface area contributed by atoms with Crippen molar-refractivity contribution in [3.63, 3.8) is 0 Å². The fraction of sp³-hybridized carbons (Fsp3) is 0.500. The number of hydrogen-bond donors (Lipinski definition) is 0. The molecule has 4 nitrogen and oxygen atoms in total. The molecule has 1 aromatic carbocycles. The van der Waals surface area contributed by atoms with E-state index in [1.54, 1.807) is 22.5 Å². The van der Waals surface area contributed by atoms with Crippen LogP contribution < -0.4 is 0 Å². The number of likely N-dealkylation sites (N-methyl/N-ethyl adjacent to an activating group) is 1. The van der Waals surface area contributed by atoms with E-state index in [-0.39, 0.29) is 12.4 Å². The van der Waals surface area contributed by atoms with Crippen molar-refractivity contribution >= 4 is 38.4 Å². The highest BCUT2D eigenvalue weighted by Gasteiger charge is 2.27. The van der Waals surface area contributed by atoms with E-state index in [2.05, 4.69) is 20.8 Å². The molecule has 0 unspecified atom stereocenters. The number of hydrogen-bond acceptors (Lipinski definition) is 3. The SMILES string of the molecule is CN1CCCN(S(=O)(=O)c2ccccc2Br)CC1.Cl. The van der Waals surface area contributed by atoms with Crippen LogP contribution in [0.1, 0.15) is 6.42 Å². The van der Waals surface area contributed by atoms with Gasteiger partial charge in [0.25, 0.3) is 0 Å². The Labute approximate surface area is 129 Å². The monoisotopic (exact) mass is 368 g/mol. The molecule has 0 saturated carbocycles. The van der Waals surface area contributed by atoms with Crippen LogP contribution in [-0.2, 0) is 10.0 Å². The van der Waals surface area contributed by atoms with E-state index in [1.807, 2.05) is 13.1 Å². The number of nitrogens with zero attached hydrogens (tertiary/aromatic N) is 2. The molecule has 0 N–H and O–H groups in total. The van der Waals surface area contributed by atoms with Crippen LogP contribution in [0.5, 0.6) is 0 Å². The molecular weight excluding hydrogens is 352 g/mol. The summed E-state index contributed by atoms with van der Waals surface area (Å²) in [6, 6.07) is 6.98. The Morgan fingerprint density at radius 1 is 1.11 bits per heavy atom. The maximum atomic E-state index is 12.5. The van der Waals surface area contributed by atoms with Gasteiger partial charge in [0.2, 0.25) is 10.0 Å². The van der Waals surface area contributed by atoms with Gasteiger partial charge >= 0.3 is 0 Å². The maximum Gasteiger partial charge on any atom is 0.244 e. The van der Waals surface area contributed by atoms with Crippen LogP contribution in [0.15, 0.2) is 33.6 Å². The largest absolute Gasteiger partial charge is 0.305 e. The molecule has 0 aromatic heterocycles. The minimum atomic E-state index is -3.38. The van der Waals surface area contributed by atoms with E-state index >= 15 is 0 Å². The molecule has 2 rings (SSSR count). The number of sulfonamides is 1. The summed E-state index contributed by atoms with van der Waals surface area (Å²) in [5.41, 5.74) is 0. The van der Waals surface area contributed by atoms with Gasteiger partial charge in [-0.15, -0.1) is 12.4 Å². The Morgan fingerprint density at radius 3 is 2.47 bits per heavy atom. The zero-order chi connectivity index (χ0) is 13.2. The van der Waals surface area contributed by atoms with Gasteiger partial charge < -0.3 is 4.90 Å². The Hall–Kier alpha value is -0.140. The van der Waals surface area contributed by atoms with Gasteiger partial charge in [0.05, 0.1) is 4.90 Å². The summed E-state index contributed by atoms with van der Waals surface area (Å²) in [6.07, 6.45) is 0.875. The first-order valence-electron chi connectivity index (χ1n) is 5.95. The fourth-order valence-electron chi connectivity index (χ4n) is 2.06. The molecule has 0 aliphatic carbocycles. The molecule has 1 heterocycles. The summed E-state index contributed by atoms with van der Waals surface area (Å²) in [6.45, 7) is 2.87. The lowest BCUT2D eigenvalue weighted by Crippen LogP contribution is -2.34. The first-order chi connectivity index (χ1) is 8.51. The number of rotatable bonds is 2. The van der Waals surface area contributed by atoms with Crippen LogP contribution in [-0.4, -0.2) is 50.8 Å². The Bertz CT molecular complexity index is 524. The first kappa shape index (κ1) is 16.9. The van der Waals surface area contributed by atoms with Gasteiger partial charge in [0.15, 0.2) is 0 Å². The molecule has 0 radical (unpaired) electrons. The van der Waals surface area contributed by atoms with Crippen LogP contribution in [0.4, 0.5) is 0 Å². The van der Waals surface area contributed by atoms with E-state index in [0.29, 0.717) is 22.5 Å². The molecule has 19 heavy (non-hydrogen) atoms. The van der Waals surface area contributed by atoms with Crippen LogP contribution in [0.25, 0.3) is 0 Å². The highest BCUT2D eigenvalue weighted by Crippen LogP contribution is 2.25. The summed E-state index contributed by atoms with van der Waals surface area (Å²) >= 11 is 3.31. The summed E-state index contributed by atoms with van der Waals surface area (Å²) < 4.78 is 27.3. The van der Waals surface area contributed by atoms with Crippen molar-refractivity contribution in [2.45, 2.75) is 11.3 Å². The highest BCUT2D eigenvalue weighted by molar-refractivity contribution is 9.10. The third-order valence-corrected chi connectivity index (χ3v) is 6.04. The summed E-state index contributed by atoms with van der Waals surface area (Å²) in [4.78, 5) is 2.52. The zero-order valence-corrected chi connectivity index (χ0v) is 14.0. The first-order valence-corrected chi connectivity index (χ1v) is 8.18. The minimum absolute atomic E-state index is 0. The average Bonchev–Trinajstić information content (AvgIpc) is 2.54. The lowest BCUT2D eigenvalue weighted by Gasteiger charge is -2.20. The molecule has 0 atom stereocenters. The maximum absolute atomic E-state index is 12.5. The molecular formula is C12H18BrClN2O2S. The lowest BCUT2D eigenvalue weighted by atomic mass is 10.4. The third kappa shape index (κ3) is 3.92. The highest BCUT2D eigenvalue weighted by atomic mass is 79.9. The van der Waals surface area contributed by atoms with E-state index < -0.39 is 10.0 Å². The van der Waals surface area contributed by atoms with Crippen molar-refractivity contribution in [2.75, 3.05) is 33.2 Å². The van der Waals surface area contributed by atoms with Gasteiger partial charge in [-0.05, 0) is 48.1 Å². The quantitative estimate of drug-likeness (QED) is 0.802.